The smallest absolute Gasteiger partial charge is 0.128 e. The summed E-state index contributed by atoms with van der Waals surface area (Å²) in [6, 6.07) is 7.65. The van der Waals surface area contributed by atoms with Gasteiger partial charge < -0.3 is 9.94 Å². The minimum absolute atomic E-state index is 0.518. The molecule has 0 aliphatic carbocycles. The fourth-order valence-corrected chi connectivity index (χ4v) is 2.05. The largest absolute Gasteiger partial charge is 0.493 e. The van der Waals surface area contributed by atoms with Gasteiger partial charge in [-0.15, -0.1) is 0 Å². The fourth-order valence-electron chi connectivity index (χ4n) is 2.05. The summed E-state index contributed by atoms with van der Waals surface area (Å²) in [7, 11) is 0. The zero-order valence-corrected chi connectivity index (χ0v) is 11.7. The first-order chi connectivity index (χ1) is 8.54. The Balaban J connectivity index is 2.67. The Bertz CT molecular complexity index is 399. The average Bonchev–Trinajstić information content (AvgIpc) is 2.35. The minimum Gasteiger partial charge on any atom is -0.493 e. The molecule has 3 nitrogen and oxygen atoms in total. The Morgan fingerprint density at radius 3 is 2.56 bits per heavy atom. The maximum absolute atomic E-state index is 8.84. The van der Waals surface area contributed by atoms with Gasteiger partial charge in [0.15, 0.2) is 0 Å². The molecule has 3 heteroatoms. The maximum Gasteiger partial charge on any atom is 0.128 e. The van der Waals surface area contributed by atoms with Crippen LogP contribution in [-0.4, -0.2) is 17.5 Å². The summed E-state index contributed by atoms with van der Waals surface area (Å²) < 4.78 is 5.83. The average molecular weight is 249 g/mol. The minimum atomic E-state index is 0.518. The molecule has 18 heavy (non-hydrogen) atoms. The molecule has 0 saturated carbocycles. The van der Waals surface area contributed by atoms with Gasteiger partial charge in [0.05, 0.1) is 12.3 Å². The van der Waals surface area contributed by atoms with Crippen LogP contribution in [-0.2, 0) is 0 Å². The number of hydrogen-bond acceptors (Lipinski definition) is 3. The van der Waals surface area contributed by atoms with Gasteiger partial charge in [-0.3, -0.25) is 0 Å². The fraction of sp³-hybridized carbons (Fsp3) is 0.533. The van der Waals surface area contributed by atoms with Crippen LogP contribution in [0.2, 0.25) is 0 Å². The van der Waals surface area contributed by atoms with Crippen LogP contribution >= 0.6 is 0 Å². The highest BCUT2D eigenvalue weighted by Crippen LogP contribution is 2.20. The lowest BCUT2D eigenvalue weighted by molar-refractivity contribution is 0.238. The molecule has 0 aromatic heterocycles. The second-order valence-corrected chi connectivity index (χ2v) is 5.23. The van der Waals surface area contributed by atoms with E-state index >= 15 is 0 Å². The van der Waals surface area contributed by atoms with Crippen molar-refractivity contribution in [3.8, 4) is 5.75 Å². The lowest BCUT2D eigenvalue weighted by Gasteiger charge is -2.16. The molecule has 0 fully saturated rings. The summed E-state index contributed by atoms with van der Waals surface area (Å²) in [5.74, 6) is 1.98. The molecule has 0 bridgehead atoms. The van der Waals surface area contributed by atoms with Gasteiger partial charge in [0, 0.05) is 5.56 Å². The van der Waals surface area contributed by atoms with E-state index in [2.05, 4.69) is 25.9 Å². The Morgan fingerprint density at radius 2 is 1.94 bits per heavy atom. The second kappa shape index (κ2) is 7.04. The molecule has 1 N–H and O–H groups in total. The summed E-state index contributed by atoms with van der Waals surface area (Å²) in [6.45, 7) is 9.07. The molecule has 100 valence electrons. The summed E-state index contributed by atoms with van der Waals surface area (Å²) >= 11 is 0. The third kappa shape index (κ3) is 4.40. The van der Waals surface area contributed by atoms with E-state index in [1.54, 1.807) is 6.92 Å². The number of benzene rings is 1. The predicted octanol–water partition coefficient (Wildman–Crippen LogP) is 3.95. The number of hydrogen-bond donors (Lipinski definition) is 1. The molecule has 1 unspecified atom stereocenters. The molecule has 0 aliphatic rings. The van der Waals surface area contributed by atoms with Crippen LogP contribution in [0.5, 0.6) is 5.75 Å². The number of para-hydroxylation sites is 1. The number of rotatable bonds is 6. The van der Waals surface area contributed by atoms with Crippen LogP contribution in [0.15, 0.2) is 29.4 Å². The first-order valence-electron chi connectivity index (χ1n) is 6.45. The van der Waals surface area contributed by atoms with Crippen LogP contribution < -0.4 is 4.74 Å². The van der Waals surface area contributed by atoms with Gasteiger partial charge in [0.1, 0.15) is 5.75 Å². The van der Waals surface area contributed by atoms with E-state index in [0.29, 0.717) is 24.2 Å². The number of oxime groups is 1. The quantitative estimate of drug-likeness (QED) is 0.471. The van der Waals surface area contributed by atoms with Crippen molar-refractivity contribution in [2.45, 2.75) is 34.1 Å². The molecule has 1 aromatic carbocycles. The van der Waals surface area contributed by atoms with Crippen molar-refractivity contribution in [1.82, 2.24) is 0 Å². The van der Waals surface area contributed by atoms with Gasteiger partial charge in [0.25, 0.3) is 0 Å². The lowest BCUT2D eigenvalue weighted by atomic mass is 10.00. The molecular weight excluding hydrogens is 226 g/mol. The molecule has 0 radical (unpaired) electrons. The van der Waals surface area contributed by atoms with Gasteiger partial charge >= 0.3 is 0 Å². The van der Waals surface area contributed by atoms with E-state index in [4.69, 9.17) is 9.94 Å². The van der Waals surface area contributed by atoms with Crippen molar-refractivity contribution in [2.75, 3.05) is 6.61 Å². The zero-order valence-electron chi connectivity index (χ0n) is 11.7. The highest BCUT2D eigenvalue weighted by molar-refractivity contribution is 6.00. The molecule has 1 atom stereocenters. The van der Waals surface area contributed by atoms with Crippen LogP contribution in [0.25, 0.3) is 0 Å². The summed E-state index contributed by atoms with van der Waals surface area (Å²) in [5.41, 5.74) is 1.42. The molecule has 0 saturated heterocycles. The third-order valence-electron chi connectivity index (χ3n) is 2.82. The van der Waals surface area contributed by atoms with Gasteiger partial charge in [-0.1, -0.05) is 38.1 Å². The highest BCUT2D eigenvalue weighted by atomic mass is 16.5. The first kappa shape index (κ1) is 14.6. The Labute approximate surface area is 109 Å². The molecule has 1 rings (SSSR count). The van der Waals surface area contributed by atoms with E-state index in [9.17, 15) is 0 Å². The maximum atomic E-state index is 8.84. The van der Waals surface area contributed by atoms with Crippen LogP contribution in [0.3, 0.4) is 0 Å². The van der Waals surface area contributed by atoms with Gasteiger partial charge in [-0.05, 0) is 37.3 Å². The lowest BCUT2D eigenvalue weighted by Crippen LogP contribution is -2.12. The molecule has 0 spiro atoms. The van der Waals surface area contributed by atoms with Crippen molar-refractivity contribution in [1.29, 1.82) is 0 Å². The Morgan fingerprint density at radius 1 is 1.28 bits per heavy atom. The zero-order chi connectivity index (χ0) is 13.5. The molecule has 0 heterocycles. The van der Waals surface area contributed by atoms with E-state index in [1.165, 1.54) is 0 Å². The second-order valence-electron chi connectivity index (χ2n) is 5.23. The van der Waals surface area contributed by atoms with E-state index in [-0.39, 0.29) is 0 Å². The normalized spacial score (nSPS) is 13.7. The van der Waals surface area contributed by atoms with Gasteiger partial charge in [-0.2, -0.15) is 0 Å². The highest BCUT2D eigenvalue weighted by Gasteiger charge is 2.10. The summed E-state index contributed by atoms with van der Waals surface area (Å²) in [5, 5.41) is 12.1. The van der Waals surface area contributed by atoms with Crippen molar-refractivity contribution in [3.05, 3.63) is 29.8 Å². The summed E-state index contributed by atoms with van der Waals surface area (Å²) in [6.07, 6.45) is 1.15. The van der Waals surface area contributed by atoms with E-state index < -0.39 is 0 Å². The Hall–Kier alpha value is -1.51. The molecule has 0 aliphatic heterocycles. The molecular formula is C15H23NO2. The number of ether oxygens (including phenoxy) is 1. The molecule has 1 aromatic rings. The van der Waals surface area contributed by atoms with Gasteiger partial charge in [-0.25, -0.2) is 0 Å². The third-order valence-corrected chi connectivity index (χ3v) is 2.82. The van der Waals surface area contributed by atoms with Crippen molar-refractivity contribution >= 4 is 5.71 Å². The van der Waals surface area contributed by atoms with Crippen LogP contribution in [0.1, 0.15) is 39.7 Å². The molecule has 0 amide bonds. The standard InChI is InChI=1S/C15H23NO2/c1-11(2)9-12(3)10-18-15-8-6-5-7-14(15)13(4)16-17/h5-8,11-12,17H,9-10H2,1-4H3/b16-13+. The van der Waals surface area contributed by atoms with Crippen LogP contribution in [0, 0.1) is 11.8 Å². The van der Waals surface area contributed by atoms with Gasteiger partial charge in [0.2, 0.25) is 0 Å². The van der Waals surface area contributed by atoms with E-state index in [1.807, 2.05) is 24.3 Å². The Kier molecular flexibility index (Phi) is 5.69. The topological polar surface area (TPSA) is 41.8 Å². The van der Waals surface area contributed by atoms with Crippen molar-refractivity contribution in [3.63, 3.8) is 0 Å². The monoisotopic (exact) mass is 249 g/mol. The SMILES string of the molecule is C/C(=N\O)c1ccccc1OCC(C)CC(C)C. The summed E-state index contributed by atoms with van der Waals surface area (Å²) in [4.78, 5) is 0. The van der Waals surface area contributed by atoms with Crippen molar-refractivity contribution in [2.24, 2.45) is 17.0 Å². The predicted molar refractivity (Wildman–Crippen MR) is 74.6 cm³/mol. The number of nitrogens with zero attached hydrogens (tertiary/aromatic N) is 1. The van der Waals surface area contributed by atoms with E-state index in [0.717, 1.165) is 17.7 Å². The van der Waals surface area contributed by atoms with Crippen LogP contribution in [0.4, 0.5) is 0 Å². The van der Waals surface area contributed by atoms with Crippen molar-refractivity contribution < 1.29 is 9.94 Å². The first-order valence-corrected chi connectivity index (χ1v) is 6.45.